The molecule has 0 spiro atoms. The van der Waals surface area contributed by atoms with E-state index in [1.807, 2.05) is 12.2 Å². The molecule has 14 nitrogen and oxygen atoms in total. The normalized spacial score (nSPS) is 24.5. The van der Waals surface area contributed by atoms with Gasteiger partial charge >= 0.3 is 0 Å². The number of amides is 1. The Morgan fingerprint density at radius 1 is 0.446 bits per heavy atom. The summed E-state index contributed by atoms with van der Waals surface area (Å²) in [5.74, 6) is -0.298. The van der Waals surface area contributed by atoms with Crippen molar-refractivity contribution in [1.82, 2.24) is 5.32 Å². The molecular weight excluding hydrogens is 1050 g/mol. The van der Waals surface area contributed by atoms with Gasteiger partial charge in [-0.15, -0.1) is 0 Å². The Balaban J connectivity index is 1.76. The Kier molecular flexibility index (Phi) is 48.7. The lowest BCUT2D eigenvalue weighted by Gasteiger charge is -2.46. The quantitative estimate of drug-likeness (QED) is 0.0204. The molecule has 2 heterocycles. The predicted molar refractivity (Wildman–Crippen MR) is 336 cm³/mol. The Morgan fingerprint density at radius 2 is 0.831 bits per heavy atom. The summed E-state index contributed by atoms with van der Waals surface area (Å²) < 4.78 is 22.8. The second kappa shape index (κ2) is 53.2. The second-order valence-corrected chi connectivity index (χ2v) is 22.9. The summed E-state index contributed by atoms with van der Waals surface area (Å²) in [6.07, 6.45) is 57.4. The van der Waals surface area contributed by atoms with Crippen molar-refractivity contribution in [3.63, 3.8) is 0 Å². The molecule has 478 valence electrons. The summed E-state index contributed by atoms with van der Waals surface area (Å²) in [5.41, 5.74) is 0. The maximum atomic E-state index is 13.3. The first-order valence-electron chi connectivity index (χ1n) is 33.0. The third-order valence-corrected chi connectivity index (χ3v) is 15.5. The van der Waals surface area contributed by atoms with Crippen molar-refractivity contribution in [2.24, 2.45) is 0 Å². The number of hydrogen-bond acceptors (Lipinski definition) is 13. The lowest BCUT2D eigenvalue weighted by Crippen LogP contribution is -2.65. The maximum Gasteiger partial charge on any atom is 0.220 e. The third kappa shape index (κ3) is 37.9. The topological polar surface area (TPSA) is 228 Å². The van der Waals surface area contributed by atoms with Crippen LogP contribution in [0.2, 0.25) is 0 Å². The van der Waals surface area contributed by atoms with E-state index >= 15 is 0 Å². The minimum Gasteiger partial charge on any atom is -0.394 e. The van der Waals surface area contributed by atoms with Gasteiger partial charge in [0.05, 0.1) is 32.0 Å². The average molecular weight is 1170 g/mol. The first-order chi connectivity index (χ1) is 40.6. The number of carbonyl (C=O) groups excluding carboxylic acids is 1. The zero-order chi connectivity index (χ0) is 60.2. The molecule has 12 unspecified atom stereocenters. The van der Waals surface area contributed by atoms with Crippen molar-refractivity contribution in [3.8, 4) is 0 Å². The van der Waals surface area contributed by atoms with Gasteiger partial charge in [0, 0.05) is 6.42 Å². The van der Waals surface area contributed by atoms with Gasteiger partial charge in [-0.3, -0.25) is 4.79 Å². The molecule has 9 N–H and O–H groups in total. The molecule has 0 aromatic rings. The van der Waals surface area contributed by atoms with E-state index in [9.17, 15) is 45.6 Å². The Bertz CT molecular complexity index is 1760. The maximum absolute atomic E-state index is 13.3. The largest absolute Gasteiger partial charge is 0.394 e. The highest BCUT2D eigenvalue weighted by Crippen LogP contribution is 2.30. The minimum absolute atomic E-state index is 0.196. The van der Waals surface area contributed by atoms with Crippen LogP contribution in [0.3, 0.4) is 0 Å². The van der Waals surface area contributed by atoms with Crippen LogP contribution in [-0.4, -0.2) is 140 Å². The SMILES string of the molecule is CC/C=C\C/C=C\C/C=C\C/C=C\C/C=C\C/C=C\C/C=C\CCCC(=O)NC(COC1OC(CO)C(OC2OC(CO)C(O)C(O)C2O)C(O)C1O)C(O)/C=C/CCCCCCCCCCCCCCCCCCCCCCCCCC. The molecule has 2 aliphatic heterocycles. The van der Waals surface area contributed by atoms with Crippen LogP contribution in [0.15, 0.2) is 97.2 Å². The summed E-state index contributed by atoms with van der Waals surface area (Å²) in [5, 5.41) is 87.3. The molecule has 83 heavy (non-hydrogen) atoms. The number of aliphatic hydroxyl groups is 8. The smallest absolute Gasteiger partial charge is 0.220 e. The summed E-state index contributed by atoms with van der Waals surface area (Å²) in [7, 11) is 0. The van der Waals surface area contributed by atoms with Gasteiger partial charge in [0.25, 0.3) is 0 Å². The van der Waals surface area contributed by atoms with Crippen molar-refractivity contribution in [1.29, 1.82) is 0 Å². The number of ether oxygens (including phenoxy) is 4. The van der Waals surface area contributed by atoms with E-state index in [4.69, 9.17) is 18.9 Å². The van der Waals surface area contributed by atoms with Gasteiger partial charge in [0.15, 0.2) is 12.6 Å². The van der Waals surface area contributed by atoms with Crippen LogP contribution >= 0.6 is 0 Å². The minimum atomic E-state index is -1.80. The molecule has 2 rings (SSSR count). The summed E-state index contributed by atoms with van der Waals surface area (Å²) in [4.78, 5) is 13.3. The molecule has 0 bridgehead atoms. The van der Waals surface area contributed by atoms with Crippen molar-refractivity contribution >= 4 is 5.91 Å². The second-order valence-electron chi connectivity index (χ2n) is 22.9. The highest BCUT2D eigenvalue weighted by atomic mass is 16.7. The van der Waals surface area contributed by atoms with Crippen molar-refractivity contribution in [3.05, 3.63) is 97.2 Å². The molecule has 0 aromatic heterocycles. The monoisotopic (exact) mass is 1170 g/mol. The lowest BCUT2D eigenvalue weighted by molar-refractivity contribution is -0.359. The van der Waals surface area contributed by atoms with Gasteiger partial charge in [-0.25, -0.2) is 0 Å². The van der Waals surface area contributed by atoms with E-state index in [0.717, 1.165) is 64.2 Å². The first-order valence-corrected chi connectivity index (χ1v) is 33.0. The molecule has 14 heteroatoms. The molecule has 0 aromatic carbocycles. The number of rotatable bonds is 52. The van der Waals surface area contributed by atoms with E-state index in [2.05, 4.69) is 98.2 Å². The van der Waals surface area contributed by atoms with Crippen LogP contribution in [0.25, 0.3) is 0 Å². The van der Waals surface area contributed by atoms with Gasteiger partial charge in [0.1, 0.15) is 48.8 Å². The van der Waals surface area contributed by atoms with Crippen LogP contribution in [0.4, 0.5) is 0 Å². The van der Waals surface area contributed by atoms with Gasteiger partial charge in [0.2, 0.25) is 5.91 Å². The number of aliphatic hydroxyl groups excluding tert-OH is 8. The third-order valence-electron chi connectivity index (χ3n) is 15.5. The van der Waals surface area contributed by atoms with E-state index < -0.39 is 86.8 Å². The Morgan fingerprint density at radius 3 is 1.27 bits per heavy atom. The molecule has 1 amide bonds. The first kappa shape index (κ1) is 76.0. The fraction of sp³-hybridized carbons (Fsp3) is 0.754. The molecule has 2 aliphatic rings. The standard InChI is InChI=1S/C69H119NO13/c1-3-5-7-9-11-13-15-17-19-21-23-25-27-28-29-31-32-34-36-38-40-42-44-46-48-50-52-58(73)57(56-80-68-66(79)64(77)67(60(55-72)82-68)83-69-65(78)63(76)62(75)59(54-71)81-69)70-61(74)53-51-49-47-45-43-41-39-37-35-33-30-26-24-22-20-18-16-14-12-10-8-6-4-2/h6,8,12,14,18,20,24,26,33,35,39,41,45,47,50,52,57-60,62-69,71-73,75-79H,3-5,7,9-11,13,15-17,19,21-23,25,27-32,34,36-38,40,42-44,46,48-49,51,53-56H2,1-2H3,(H,70,74)/b8-6-,14-12-,20-18-,26-24-,35-33-,41-39-,47-45-,52-50+. The highest BCUT2D eigenvalue weighted by Gasteiger charge is 2.51. The number of unbranched alkanes of at least 4 members (excludes halogenated alkanes) is 25. The van der Waals surface area contributed by atoms with Crippen LogP contribution in [0.5, 0.6) is 0 Å². The van der Waals surface area contributed by atoms with Crippen molar-refractivity contribution in [2.45, 2.75) is 312 Å². The van der Waals surface area contributed by atoms with Crippen LogP contribution in [0, 0.1) is 0 Å². The fourth-order valence-electron chi connectivity index (χ4n) is 10.3. The molecule has 0 saturated carbocycles. The summed E-state index contributed by atoms with van der Waals surface area (Å²) >= 11 is 0. The molecule has 12 atom stereocenters. The van der Waals surface area contributed by atoms with Gasteiger partial charge in [-0.05, 0) is 70.6 Å². The number of nitrogens with one attached hydrogen (secondary N) is 1. The average Bonchev–Trinajstić information content (AvgIpc) is 3.64. The molecule has 0 radical (unpaired) electrons. The fourth-order valence-corrected chi connectivity index (χ4v) is 10.3. The highest BCUT2D eigenvalue weighted by molar-refractivity contribution is 5.76. The van der Waals surface area contributed by atoms with Crippen molar-refractivity contribution < 1.29 is 64.6 Å². The molecular formula is C69H119NO13. The Hall–Kier alpha value is -3.09. The van der Waals surface area contributed by atoms with Crippen LogP contribution in [-0.2, 0) is 23.7 Å². The van der Waals surface area contributed by atoms with Gasteiger partial charge in [-0.1, -0.05) is 259 Å². The molecule has 2 fully saturated rings. The zero-order valence-corrected chi connectivity index (χ0v) is 51.7. The predicted octanol–water partition coefficient (Wildman–Crippen LogP) is 12.6. The number of hydrogen-bond donors (Lipinski definition) is 9. The van der Waals surface area contributed by atoms with E-state index in [0.29, 0.717) is 12.8 Å². The summed E-state index contributed by atoms with van der Waals surface area (Å²) in [6, 6.07) is -0.954. The number of carbonyl (C=O) groups is 1. The van der Waals surface area contributed by atoms with Crippen molar-refractivity contribution in [2.75, 3.05) is 19.8 Å². The van der Waals surface area contributed by atoms with Gasteiger partial charge < -0.3 is 65.1 Å². The van der Waals surface area contributed by atoms with E-state index in [1.54, 1.807) is 6.08 Å². The molecule has 0 aliphatic carbocycles. The Labute approximate surface area is 503 Å². The molecule has 2 saturated heterocycles. The summed E-state index contributed by atoms with van der Waals surface area (Å²) in [6.45, 7) is 2.66. The van der Waals surface area contributed by atoms with Crippen LogP contribution < -0.4 is 5.32 Å². The van der Waals surface area contributed by atoms with Gasteiger partial charge in [-0.2, -0.15) is 0 Å². The number of allylic oxidation sites excluding steroid dienone is 15. The van der Waals surface area contributed by atoms with E-state index in [-0.39, 0.29) is 18.9 Å². The van der Waals surface area contributed by atoms with E-state index in [1.165, 1.54) is 141 Å². The lowest BCUT2D eigenvalue weighted by atomic mass is 9.97. The van der Waals surface area contributed by atoms with Crippen LogP contribution in [0.1, 0.15) is 239 Å². The zero-order valence-electron chi connectivity index (χ0n) is 51.7.